The van der Waals surface area contributed by atoms with Crippen molar-refractivity contribution in [3.63, 3.8) is 0 Å². The molecule has 0 atom stereocenters. The second kappa shape index (κ2) is 9.00. The van der Waals surface area contributed by atoms with Crippen molar-refractivity contribution < 1.29 is 4.79 Å². The minimum atomic E-state index is 0. The Morgan fingerprint density at radius 1 is 1.10 bits per heavy atom. The van der Waals surface area contributed by atoms with Crippen molar-refractivity contribution in [2.24, 2.45) is 5.92 Å². The maximum absolute atomic E-state index is 13.4. The third-order valence-corrected chi connectivity index (χ3v) is 5.81. The Morgan fingerprint density at radius 2 is 1.83 bits per heavy atom. The third-order valence-electron chi connectivity index (χ3n) is 5.81. The number of anilines is 2. The first kappa shape index (κ1) is 22.0. The molecular weight excluding hydrogens is 396 g/mol. The lowest BCUT2D eigenvalue weighted by atomic mass is 9.98. The molecule has 0 aliphatic carbocycles. The number of carbonyl (C=O) groups excluding carboxylic acids is 1. The average Bonchev–Trinajstić information content (AvgIpc) is 2.70. The van der Waals surface area contributed by atoms with E-state index < -0.39 is 0 Å². The number of aryl methyl sites for hydroxylation is 3. The van der Waals surface area contributed by atoms with Crippen molar-refractivity contribution in [2.75, 3.05) is 18.4 Å². The Bertz CT molecular complexity index is 1070. The van der Waals surface area contributed by atoms with Gasteiger partial charge >= 0.3 is 0 Å². The lowest BCUT2D eigenvalue weighted by molar-refractivity contribution is 0.0698. The third kappa shape index (κ3) is 4.41. The van der Waals surface area contributed by atoms with Crippen molar-refractivity contribution in [3.05, 3.63) is 58.9 Å². The zero-order valence-electron chi connectivity index (χ0n) is 18.0. The van der Waals surface area contributed by atoms with Crippen LogP contribution in [0.4, 0.5) is 11.4 Å². The van der Waals surface area contributed by atoms with Crippen LogP contribution < -0.4 is 5.32 Å². The van der Waals surface area contributed by atoms with Crippen LogP contribution in [0, 0.1) is 26.7 Å². The van der Waals surface area contributed by atoms with E-state index >= 15 is 0 Å². The number of fused-ring (bicyclic) bond motifs is 1. The number of hydrogen-bond acceptors (Lipinski definition) is 4. The Balaban J connectivity index is 0.00000256. The van der Waals surface area contributed by atoms with Crippen molar-refractivity contribution in [1.29, 1.82) is 0 Å². The second-order valence-corrected chi connectivity index (χ2v) is 8.29. The average molecular weight is 425 g/mol. The summed E-state index contributed by atoms with van der Waals surface area (Å²) in [5.41, 5.74) is 6.30. The lowest BCUT2D eigenvalue weighted by Gasteiger charge is -2.31. The number of aromatic nitrogens is 2. The molecule has 0 unspecified atom stereocenters. The number of nitrogens with zero attached hydrogens (tertiary/aromatic N) is 3. The Kier molecular flexibility index (Phi) is 6.61. The number of halogens is 1. The first-order valence-electron chi connectivity index (χ1n) is 10.3. The molecule has 0 saturated carbocycles. The number of rotatable bonds is 3. The van der Waals surface area contributed by atoms with Gasteiger partial charge in [-0.15, -0.1) is 12.4 Å². The van der Waals surface area contributed by atoms with E-state index in [1.807, 2.05) is 24.0 Å². The number of pyridine rings is 2. The number of nitrogens with one attached hydrogen (secondary N) is 1. The number of benzene rings is 1. The minimum Gasteiger partial charge on any atom is -0.354 e. The molecule has 6 heteroatoms. The predicted molar refractivity (Wildman–Crippen MR) is 125 cm³/mol. The summed E-state index contributed by atoms with van der Waals surface area (Å²) >= 11 is 0. The molecule has 5 nitrogen and oxygen atoms in total. The van der Waals surface area contributed by atoms with Gasteiger partial charge in [-0.1, -0.05) is 24.6 Å². The van der Waals surface area contributed by atoms with Gasteiger partial charge in [0.1, 0.15) is 0 Å². The fourth-order valence-corrected chi connectivity index (χ4v) is 3.94. The maximum atomic E-state index is 13.4. The highest BCUT2D eigenvalue weighted by atomic mass is 35.5. The molecular formula is C24H29ClN4O. The maximum Gasteiger partial charge on any atom is 0.257 e. The summed E-state index contributed by atoms with van der Waals surface area (Å²) in [7, 11) is 0. The van der Waals surface area contributed by atoms with Gasteiger partial charge in [0.05, 0.1) is 11.3 Å². The monoisotopic (exact) mass is 424 g/mol. The zero-order chi connectivity index (χ0) is 20.5. The van der Waals surface area contributed by atoms with Crippen LogP contribution in [-0.2, 0) is 0 Å². The normalized spacial score (nSPS) is 14.5. The van der Waals surface area contributed by atoms with Gasteiger partial charge in [-0.3, -0.25) is 4.79 Å². The molecule has 1 saturated heterocycles. The van der Waals surface area contributed by atoms with Crippen LogP contribution >= 0.6 is 12.4 Å². The van der Waals surface area contributed by atoms with E-state index in [1.165, 1.54) is 5.56 Å². The summed E-state index contributed by atoms with van der Waals surface area (Å²) in [5, 5.41) is 4.40. The molecule has 1 aliphatic rings. The van der Waals surface area contributed by atoms with Crippen molar-refractivity contribution in [2.45, 2.75) is 40.5 Å². The Labute approximate surface area is 184 Å². The zero-order valence-corrected chi connectivity index (χ0v) is 18.8. The van der Waals surface area contributed by atoms with E-state index in [0.29, 0.717) is 17.1 Å². The molecule has 2 aromatic heterocycles. The molecule has 3 heterocycles. The fourth-order valence-electron chi connectivity index (χ4n) is 3.94. The predicted octanol–water partition coefficient (Wildman–Crippen LogP) is 5.59. The summed E-state index contributed by atoms with van der Waals surface area (Å²) in [6.07, 6.45) is 3.78. The second-order valence-electron chi connectivity index (χ2n) is 8.29. The van der Waals surface area contributed by atoms with Gasteiger partial charge in [-0.05, 0) is 63.3 Å². The molecule has 1 N–H and O–H groups in total. The quantitative estimate of drug-likeness (QED) is 0.595. The van der Waals surface area contributed by atoms with Crippen molar-refractivity contribution >= 4 is 40.7 Å². The van der Waals surface area contributed by atoms with Crippen LogP contribution in [0.1, 0.15) is 46.9 Å². The van der Waals surface area contributed by atoms with Crippen LogP contribution in [0.15, 0.2) is 36.5 Å². The summed E-state index contributed by atoms with van der Waals surface area (Å²) in [4.78, 5) is 24.4. The number of likely N-dealkylation sites (tertiary alicyclic amines) is 1. The molecule has 1 aliphatic heterocycles. The summed E-state index contributed by atoms with van der Waals surface area (Å²) in [6, 6.07) is 10.3. The molecule has 0 spiro atoms. The summed E-state index contributed by atoms with van der Waals surface area (Å²) in [5.74, 6) is 0.716. The van der Waals surface area contributed by atoms with E-state index in [4.69, 9.17) is 0 Å². The number of hydrogen-bond donors (Lipinski definition) is 1. The van der Waals surface area contributed by atoms with Gasteiger partial charge in [0.15, 0.2) is 5.65 Å². The highest BCUT2D eigenvalue weighted by molar-refractivity contribution is 6.07. The smallest absolute Gasteiger partial charge is 0.257 e. The molecule has 0 bridgehead atoms. The van der Waals surface area contributed by atoms with E-state index in [9.17, 15) is 4.79 Å². The molecule has 1 aromatic carbocycles. The van der Waals surface area contributed by atoms with Gasteiger partial charge in [0.2, 0.25) is 0 Å². The first-order valence-corrected chi connectivity index (χ1v) is 10.3. The van der Waals surface area contributed by atoms with Crippen LogP contribution in [0.3, 0.4) is 0 Å². The van der Waals surface area contributed by atoms with Gasteiger partial charge in [-0.25, -0.2) is 9.97 Å². The van der Waals surface area contributed by atoms with E-state index in [-0.39, 0.29) is 18.3 Å². The Morgan fingerprint density at radius 3 is 2.53 bits per heavy atom. The van der Waals surface area contributed by atoms with Crippen molar-refractivity contribution in [1.82, 2.24) is 14.9 Å². The fraction of sp³-hybridized carbons (Fsp3) is 0.375. The molecule has 0 radical (unpaired) electrons. The SMILES string of the molecule is Cc1ccc(Nc2c(C(=O)N3CCC(C)CC3)cnc3nc(C)ccc23)c(C)c1.Cl. The Hall–Kier alpha value is -2.66. The first-order chi connectivity index (χ1) is 13.9. The van der Waals surface area contributed by atoms with Crippen LogP contribution in [-0.4, -0.2) is 33.9 Å². The number of carbonyl (C=O) groups is 1. The molecule has 1 amide bonds. The topological polar surface area (TPSA) is 58.1 Å². The highest BCUT2D eigenvalue weighted by Gasteiger charge is 2.25. The largest absolute Gasteiger partial charge is 0.354 e. The molecule has 4 rings (SSSR count). The van der Waals surface area contributed by atoms with E-state index in [1.54, 1.807) is 6.20 Å². The summed E-state index contributed by atoms with van der Waals surface area (Å²) in [6.45, 7) is 9.96. The van der Waals surface area contributed by atoms with Crippen LogP contribution in [0.5, 0.6) is 0 Å². The van der Waals surface area contributed by atoms with E-state index in [2.05, 4.69) is 54.3 Å². The molecule has 30 heavy (non-hydrogen) atoms. The van der Waals surface area contributed by atoms with Crippen LogP contribution in [0.2, 0.25) is 0 Å². The minimum absolute atomic E-state index is 0. The summed E-state index contributed by atoms with van der Waals surface area (Å²) < 4.78 is 0. The van der Waals surface area contributed by atoms with Gasteiger partial charge in [0.25, 0.3) is 5.91 Å². The number of piperidine rings is 1. The number of amides is 1. The van der Waals surface area contributed by atoms with Gasteiger partial charge < -0.3 is 10.2 Å². The lowest BCUT2D eigenvalue weighted by Crippen LogP contribution is -2.38. The van der Waals surface area contributed by atoms with Gasteiger partial charge in [0, 0.05) is 36.1 Å². The van der Waals surface area contributed by atoms with Crippen molar-refractivity contribution in [3.8, 4) is 0 Å². The van der Waals surface area contributed by atoms with E-state index in [0.717, 1.165) is 53.9 Å². The standard InChI is InChI=1S/C24H28N4O.ClH/c1-15-9-11-28(12-10-15)24(29)20-14-25-23-19(7-6-18(4)26-23)22(20)27-21-8-5-16(2)13-17(21)3;/h5-8,13-15H,9-12H2,1-4H3,(H,25,26,27);1H. The van der Waals surface area contributed by atoms with Gasteiger partial charge in [-0.2, -0.15) is 0 Å². The molecule has 3 aromatic rings. The molecule has 158 valence electrons. The van der Waals surface area contributed by atoms with Crippen LogP contribution in [0.25, 0.3) is 11.0 Å². The highest BCUT2D eigenvalue weighted by Crippen LogP contribution is 2.32. The molecule has 1 fully saturated rings.